The van der Waals surface area contributed by atoms with E-state index in [0.29, 0.717) is 22.4 Å². The number of pyridine rings is 1. The van der Waals surface area contributed by atoms with Crippen molar-refractivity contribution in [3.63, 3.8) is 0 Å². The number of nitrogens with zero attached hydrogens (tertiary/aromatic N) is 2. The third-order valence-corrected chi connectivity index (χ3v) is 5.43. The van der Waals surface area contributed by atoms with Crippen molar-refractivity contribution in [3.8, 4) is 40.0 Å². The first-order valence-corrected chi connectivity index (χ1v) is 11.9. The Hall–Kier alpha value is -5.30. The number of methoxy groups -OCH3 is 1. The van der Waals surface area contributed by atoms with Crippen molar-refractivity contribution in [1.29, 1.82) is 5.26 Å². The molecule has 2 heterocycles. The highest BCUT2D eigenvalue weighted by Crippen LogP contribution is 2.42. The van der Waals surface area contributed by atoms with Gasteiger partial charge in [-0.1, -0.05) is 24.3 Å². The molecule has 198 valence electrons. The number of carbonyl (C=O) groups excluding carboxylic acids is 2. The Morgan fingerprint density at radius 2 is 1.74 bits per heavy atom. The van der Waals surface area contributed by atoms with Crippen LogP contribution in [-0.2, 0) is 4.74 Å². The molecule has 0 unspecified atom stereocenters. The van der Waals surface area contributed by atoms with Gasteiger partial charge in [-0.2, -0.15) is 5.26 Å². The van der Waals surface area contributed by atoms with Crippen molar-refractivity contribution in [2.75, 3.05) is 17.7 Å². The molecule has 2 amide bonds. The number of furan rings is 1. The second-order valence-corrected chi connectivity index (χ2v) is 9.35. The van der Waals surface area contributed by atoms with Gasteiger partial charge in [0.05, 0.1) is 24.8 Å². The van der Waals surface area contributed by atoms with E-state index in [4.69, 9.17) is 13.9 Å². The number of aromatic nitrogens is 1. The molecule has 0 aliphatic heterocycles. The average Bonchev–Trinajstić information content (AvgIpc) is 3.42. The standard InChI is InChI=1S/C29H26N4O6/c1-29(2,3)39-28(36)32-21-11-7-10-17(25(21)37-4)19-15-22(18-9-5-6-12-23(18)34)31-26(20(19)16-30)33-27(35)24-13-8-14-38-24/h5-15,34H,1-4H3,(H,32,36)(H,31,33,35). The summed E-state index contributed by atoms with van der Waals surface area (Å²) in [4.78, 5) is 29.8. The van der Waals surface area contributed by atoms with Crippen LogP contribution in [0.2, 0.25) is 0 Å². The number of hydrogen-bond donors (Lipinski definition) is 3. The van der Waals surface area contributed by atoms with Gasteiger partial charge in [0.2, 0.25) is 0 Å². The van der Waals surface area contributed by atoms with E-state index < -0.39 is 17.6 Å². The van der Waals surface area contributed by atoms with Gasteiger partial charge in [-0.3, -0.25) is 10.1 Å². The fourth-order valence-electron chi connectivity index (χ4n) is 3.85. The number of anilines is 2. The zero-order valence-corrected chi connectivity index (χ0v) is 21.7. The molecule has 2 aromatic carbocycles. The Kier molecular flexibility index (Phi) is 7.53. The van der Waals surface area contributed by atoms with Crippen LogP contribution in [0.5, 0.6) is 11.5 Å². The minimum Gasteiger partial charge on any atom is -0.507 e. The molecule has 0 spiro atoms. The minimum absolute atomic E-state index is 0.0244. The molecule has 4 aromatic rings. The molecule has 0 atom stereocenters. The zero-order valence-electron chi connectivity index (χ0n) is 21.7. The summed E-state index contributed by atoms with van der Waals surface area (Å²) in [5.41, 5.74) is 1.03. The van der Waals surface area contributed by atoms with Crippen LogP contribution in [-0.4, -0.2) is 34.8 Å². The van der Waals surface area contributed by atoms with Gasteiger partial charge < -0.3 is 24.3 Å². The van der Waals surface area contributed by atoms with Crippen molar-refractivity contribution in [3.05, 3.63) is 78.3 Å². The first kappa shape index (κ1) is 26.8. The van der Waals surface area contributed by atoms with Crippen molar-refractivity contribution < 1.29 is 28.6 Å². The van der Waals surface area contributed by atoms with Crippen LogP contribution in [0.15, 0.2) is 71.3 Å². The number of para-hydroxylation sites is 2. The number of phenols is 1. The summed E-state index contributed by atoms with van der Waals surface area (Å²) in [5.74, 6) is -0.441. The van der Waals surface area contributed by atoms with E-state index in [1.807, 2.05) is 0 Å². The van der Waals surface area contributed by atoms with Gasteiger partial charge in [-0.05, 0) is 57.2 Å². The van der Waals surface area contributed by atoms with Crippen molar-refractivity contribution in [1.82, 2.24) is 4.98 Å². The largest absolute Gasteiger partial charge is 0.507 e. The highest BCUT2D eigenvalue weighted by molar-refractivity contribution is 6.03. The maximum Gasteiger partial charge on any atom is 0.412 e. The lowest BCUT2D eigenvalue weighted by Crippen LogP contribution is -2.27. The first-order valence-electron chi connectivity index (χ1n) is 11.9. The van der Waals surface area contributed by atoms with Gasteiger partial charge in [0.25, 0.3) is 5.91 Å². The molecule has 4 rings (SSSR count). The molecule has 39 heavy (non-hydrogen) atoms. The molecule has 0 aliphatic rings. The highest BCUT2D eigenvalue weighted by Gasteiger charge is 2.24. The summed E-state index contributed by atoms with van der Waals surface area (Å²) in [6.45, 7) is 5.24. The van der Waals surface area contributed by atoms with Crippen LogP contribution in [0, 0.1) is 11.3 Å². The zero-order chi connectivity index (χ0) is 28.2. The summed E-state index contributed by atoms with van der Waals surface area (Å²) in [7, 11) is 1.43. The Bertz CT molecular complexity index is 1570. The van der Waals surface area contributed by atoms with E-state index in [1.165, 1.54) is 25.5 Å². The molecule has 0 saturated carbocycles. The summed E-state index contributed by atoms with van der Waals surface area (Å²) < 4.78 is 16.2. The predicted molar refractivity (Wildman–Crippen MR) is 145 cm³/mol. The molecule has 3 N–H and O–H groups in total. The number of carbonyl (C=O) groups is 2. The summed E-state index contributed by atoms with van der Waals surface area (Å²) in [6.07, 6.45) is 0.667. The maximum absolute atomic E-state index is 12.8. The monoisotopic (exact) mass is 526 g/mol. The maximum atomic E-state index is 12.8. The molecule has 0 aliphatic carbocycles. The average molecular weight is 527 g/mol. The summed E-state index contributed by atoms with van der Waals surface area (Å²) in [5, 5.41) is 26.0. The lowest BCUT2D eigenvalue weighted by atomic mass is 9.96. The van der Waals surface area contributed by atoms with Crippen LogP contribution >= 0.6 is 0 Å². The van der Waals surface area contributed by atoms with E-state index in [2.05, 4.69) is 21.7 Å². The number of aromatic hydroxyl groups is 1. The fourth-order valence-corrected chi connectivity index (χ4v) is 3.85. The Morgan fingerprint density at radius 3 is 2.38 bits per heavy atom. The van der Waals surface area contributed by atoms with E-state index in [9.17, 15) is 20.0 Å². The Labute approximate surface area is 224 Å². The van der Waals surface area contributed by atoms with E-state index in [0.717, 1.165) is 0 Å². The normalized spacial score (nSPS) is 10.8. The highest BCUT2D eigenvalue weighted by atomic mass is 16.6. The molecular weight excluding hydrogens is 500 g/mol. The molecule has 0 saturated heterocycles. The number of nitrogens with one attached hydrogen (secondary N) is 2. The van der Waals surface area contributed by atoms with Gasteiger partial charge in [0.15, 0.2) is 11.6 Å². The Balaban J connectivity index is 1.90. The van der Waals surface area contributed by atoms with Gasteiger partial charge in [-0.15, -0.1) is 0 Å². The molecule has 0 fully saturated rings. The van der Waals surface area contributed by atoms with Gasteiger partial charge in [0.1, 0.15) is 28.7 Å². The molecular formula is C29H26N4O6. The smallest absolute Gasteiger partial charge is 0.412 e. The fraction of sp³-hybridized carbons (Fsp3) is 0.172. The van der Waals surface area contributed by atoms with Gasteiger partial charge in [0, 0.05) is 16.7 Å². The second kappa shape index (κ2) is 11.0. The van der Waals surface area contributed by atoms with Gasteiger partial charge >= 0.3 is 6.09 Å². The van der Waals surface area contributed by atoms with Gasteiger partial charge in [-0.25, -0.2) is 9.78 Å². The summed E-state index contributed by atoms with van der Waals surface area (Å²) >= 11 is 0. The molecule has 10 heteroatoms. The van der Waals surface area contributed by atoms with Crippen molar-refractivity contribution in [2.24, 2.45) is 0 Å². The molecule has 0 bridgehead atoms. The number of amides is 2. The number of phenolic OH excluding ortho intramolecular Hbond substituents is 1. The van der Waals surface area contributed by atoms with Crippen LogP contribution in [0.1, 0.15) is 36.9 Å². The van der Waals surface area contributed by atoms with E-state index in [-0.39, 0.29) is 34.3 Å². The van der Waals surface area contributed by atoms with Crippen molar-refractivity contribution in [2.45, 2.75) is 26.4 Å². The number of benzene rings is 2. The first-order chi connectivity index (χ1) is 18.6. The number of hydrogen-bond acceptors (Lipinski definition) is 8. The number of ether oxygens (including phenoxy) is 2. The second-order valence-electron chi connectivity index (χ2n) is 9.35. The topological polar surface area (TPSA) is 147 Å². The number of nitriles is 1. The lowest BCUT2D eigenvalue weighted by molar-refractivity contribution is 0.0635. The molecule has 0 radical (unpaired) electrons. The molecule has 2 aromatic heterocycles. The minimum atomic E-state index is -0.721. The van der Waals surface area contributed by atoms with Crippen LogP contribution in [0.4, 0.5) is 16.3 Å². The Morgan fingerprint density at radius 1 is 1.00 bits per heavy atom. The lowest BCUT2D eigenvalue weighted by Gasteiger charge is -2.21. The van der Waals surface area contributed by atoms with E-state index in [1.54, 1.807) is 69.3 Å². The SMILES string of the molecule is COc1c(NC(=O)OC(C)(C)C)cccc1-c1cc(-c2ccccc2O)nc(NC(=O)c2ccco2)c1C#N. The van der Waals surface area contributed by atoms with E-state index >= 15 is 0 Å². The quantitative estimate of drug-likeness (QED) is 0.269. The van der Waals surface area contributed by atoms with Crippen molar-refractivity contribution >= 4 is 23.5 Å². The summed E-state index contributed by atoms with van der Waals surface area (Å²) in [6, 6.07) is 18.3. The third kappa shape index (κ3) is 5.99. The van der Waals surface area contributed by atoms with Crippen LogP contribution < -0.4 is 15.4 Å². The van der Waals surface area contributed by atoms with Crippen LogP contribution in [0.25, 0.3) is 22.4 Å². The third-order valence-electron chi connectivity index (χ3n) is 5.43. The predicted octanol–water partition coefficient (Wildman–Crippen LogP) is 6.19. The van der Waals surface area contributed by atoms with Crippen LogP contribution in [0.3, 0.4) is 0 Å². The molecule has 10 nitrogen and oxygen atoms in total. The number of rotatable bonds is 6.